The second kappa shape index (κ2) is 5.04. The van der Waals surface area contributed by atoms with Crippen LogP contribution >= 0.6 is 12.6 Å². The Hall–Kier alpha value is 0.310. The van der Waals surface area contributed by atoms with Crippen LogP contribution in [0.5, 0.6) is 0 Å². The SMILES string of the molecule is [CH]CCC1CNCC(CS)C1. The first-order chi connectivity index (χ1) is 5.36. The van der Waals surface area contributed by atoms with E-state index in [4.69, 9.17) is 6.92 Å². The summed E-state index contributed by atoms with van der Waals surface area (Å²) in [6.07, 6.45) is 3.30. The minimum absolute atomic E-state index is 0.767. The molecule has 0 aromatic heterocycles. The van der Waals surface area contributed by atoms with Crippen molar-refractivity contribution in [3.05, 3.63) is 6.92 Å². The maximum absolute atomic E-state index is 5.50. The minimum Gasteiger partial charge on any atom is -0.316 e. The van der Waals surface area contributed by atoms with Crippen LogP contribution in [0, 0.1) is 18.8 Å². The molecule has 0 aromatic carbocycles. The van der Waals surface area contributed by atoms with Crippen LogP contribution in [0.25, 0.3) is 0 Å². The third-order valence-corrected chi connectivity index (χ3v) is 2.88. The summed E-state index contributed by atoms with van der Waals surface area (Å²) in [6, 6.07) is 0. The first kappa shape index (κ1) is 9.40. The van der Waals surface area contributed by atoms with E-state index in [0.29, 0.717) is 0 Å². The Bertz CT molecular complexity index is 104. The molecule has 0 amide bonds. The summed E-state index contributed by atoms with van der Waals surface area (Å²) in [6.45, 7) is 7.80. The standard InChI is InChI=1S/C9H17NS/c1-2-3-8-4-9(7-11)6-10-5-8/h1,8-11H,2-7H2. The van der Waals surface area contributed by atoms with Crippen molar-refractivity contribution in [2.24, 2.45) is 11.8 Å². The van der Waals surface area contributed by atoms with Crippen LogP contribution < -0.4 is 5.32 Å². The molecule has 0 saturated carbocycles. The zero-order chi connectivity index (χ0) is 8.10. The van der Waals surface area contributed by atoms with Gasteiger partial charge in [-0.2, -0.15) is 12.6 Å². The summed E-state index contributed by atoms with van der Waals surface area (Å²) in [7, 11) is 0. The molecule has 0 aromatic rings. The summed E-state index contributed by atoms with van der Waals surface area (Å²) in [5.74, 6) is 2.57. The Labute approximate surface area is 75.4 Å². The maximum atomic E-state index is 5.50. The van der Waals surface area contributed by atoms with E-state index in [2.05, 4.69) is 17.9 Å². The predicted molar refractivity (Wildman–Crippen MR) is 51.9 cm³/mol. The highest BCUT2D eigenvalue weighted by atomic mass is 32.1. The lowest BCUT2D eigenvalue weighted by Gasteiger charge is -2.28. The van der Waals surface area contributed by atoms with E-state index < -0.39 is 0 Å². The largest absolute Gasteiger partial charge is 0.316 e. The lowest BCUT2D eigenvalue weighted by atomic mass is 9.89. The Morgan fingerprint density at radius 2 is 2.09 bits per heavy atom. The van der Waals surface area contributed by atoms with Crippen LogP contribution in [0.2, 0.25) is 0 Å². The molecule has 1 fully saturated rings. The number of hydrogen-bond acceptors (Lipinski definition) is 2. The Kier molecular flexibility index (Phi) is 4.31. The first-order valence-electron chi connectivity index (χ1n) is 4.38. The topological polar surface area (TPSA) is 12.0 Å². The van der Waals surface area contributed by atoms with Gasteiger partial charge in [-0.3, -0.25) is 0 Å². The molecule has 11 heavy (non-hydrogen) atoms. The van der Waals surface area contributed by atoms with Crippen molar-refractivity contribution < 1.29 is 0 Å². The van der Waals surface area contributed by atoms with Crippen molar-refractivity contribution in [3.63, 3.8) is 0 Å². The van der Waals surface area contributed by atoms with Gasteiger partial charge < -0.3 is 5.32 Å². The van der Waals surface area contributed by atoms with Crippen LogP contribution in [-0.4, -0.2) is 18.8 Å². The van der Waals surface area contributed by atoms with E-state index in [1.54, 1.807) is 0 Å². The van der Waals surface area contributed by atoms with Gasteiger partial charge in [-0.05, 0) is 56.9 Å². The van der Waals surface area contributed by atoms with Crippen molar-refractivity contribution in [1.29, 1.82) is 0 Å². The van der Waals surface area contributed by atoms with Crippen LogP contribution in [0.4, 0.5) is 0 Å². The fraction of sp³-hybridized carbons (Fsp3) is 0.889. The molecule has 2 radical (unpaired) electrons. The summed E-state index contributed by atoms with van der Waals surface area (Å²) >= 11 is 4.30. The quantitative estimate of drug-likeness (QED) is 0.615. The average Bonchev–Trinajstić information content (AvgIpc) is 2.06. The van der Waals surface area contributed by atoms with Crippen molar-refractivity contribution in [2.45, 2.75) is 19.3 Å². The van der Waals surface area contributed by atoms with Gasteiger partial charge >= 0.3 is 0 Å². The second-order valence-corrected chi connectivity index (χ2v) is 3.75. The number of thiol groups is 1. The number of hydrogen-bond donors (Lipinski definition) is 2. The molecule has 1 N–H and O–H groups in total. The van der Waals surface area contributed by atoms with Crippen LogP contribution in [0.15, 0.2) is 0 Å². The van der Waals surface area contributed by atoms with Crippen molar-refractivity contribution >= 4 is 12.6 Å². The molecule has 1 rings (SSSR count). The van der Waals surface area contributed by atoms with E-state index >= 15 is 0 Å². The summed E-state index contributed by atoms with van der Waals surface area (Å²) < 4.78 is 0. The molecule has 64 valence electrons. The van der Waals surface area contributed by atoms with Gasteiger partial charge in [0, 0.05) is 0 Å². The average molecular weight is 171 g/mol. The molecular weight excluding hydrogens is 154 g/mol. The molecule has 1 heterocycles. The molecule has 2 atom stereocenters. The third-order valence-electron chi connectivity index (χ3n) is 2.37. The van der Waals surface area contributed by atoms with Gasteiger partial charge in [-0.1, -0.05) is 0 Å². The Morgan fingerprint density at radius 1 is 1.36 bits per heavy atom. The molecule has 0 spiro atoms. The highest BCUT2D eigenvalue weighted by Crippen LogP contribution is 2.20. The number of rotatable bonds is 3. The summed E-state index contributed by atoms with van der Waals surface area (Å²) in [4.78, 5) is 0. The van der Waals surface area contributed by atoms with E-state index in [0.717, 1.165) is 43.5 Å². The fourth-order valence-corrected chi connectivity index (χ4v) is 2.00. The second-order valence-electron chi connectivity index (χ2n) is 3.39. The number of nitrogens with one attached hydrogen (secondary N) is 1. The van der Waals surface area contributed by atoms with Crippen molar-refractivity contribution in [1.82, 2.24) is 5.32 Å². The molecule has 2 heteroatoms. The molecule has 1 aliphatic rings. The molecule has 1 nitrogen and oxygen atoms in total. The van der Waals surface area contributed by atoms with Crippen LogP contribution in [-0.2, 0) is 0 Å². The summed E-state index contributed by atoms with van der Waals surface area (Å²) in [5, 5.41) is 3.42. The Morgan fingerprint density at radius 3 is 2.73 bits per heavy atom. The van der Waals surface area contributed by atoms with Gasteiger partial charge in [0.25, 0.3) is 0 Å². The Balaban J connectivity index is 2.21. The first-order valence-corrected chi connectivity index (χ1v) is 5.01. The van der Waals surface area contributed by atoms with E-state index in [1.807, 2.05) is 0 Å². The fourth-order valence-electron chi connectivity index (χ4n) is 1.72. The zero-order valence-electron chi connectivity index (χ0n) is 6.92. The van der Waals surface area contributed by atoms with E-state index in [-0.39, 0.29) is 0 Å². The van der Waals surface area contributed by atoms with Gasteiger partial charge in [-0.25, -0.2) is 0 Å². The zero-order valence-corrected chi connectivity index (χ0v) is 7.82. The van der Waals surface area contributed by atoms with Crippen LogP contribution in [0.3, 0.4) is 0 Å². The highest BCUT2D eigenvalue weighted by molar-refractivity contribution is 7.80. The monoisotopic (exact) mass is 171 g/mol. The molecular formula is C9H17NS. The highest BCUT2D eigenvalue weighted by Gasteiger charge is 2.19. The minimum atomic E-state index is 0.767. The van der Waals surface area contributed by atoms with Crippen molar-refractivity contribution in [3.8, 4) is 0 Å². The molecule has 1 saturated heterocycles. The maximum Gasteiger partial charge on any atom is -0.00125 e. The third kappa shape index (κ3) is 3.04. The van der Waals surface area contributed by atoms with Gasteiger partial charge in [-0.15, -0.1) is 0 Å². The molecule has 2 unspecified atom stereocenters. The van der Waals surface area contributed by atoms with Crippen LogP contribution in [0.1, 0.15) is 19.3 Å². The lowest BCUT2D eigenvalue weighted by molar-refractivity contribution is 0.294. The van der Waals surface area contributed by atoms with E-state index in [1.165, 1.54) is 6.42 Å². The summed E-state index contributed by atoms with van der Waals surface area (Å²) in [5.41, 5.74) is 0. The van der Waals surface area contributed by atoms with Gasteiger partial charge in [0.2, 0.25) is 0 Å². The molecule has 0 bridgehead atoms. The van der Waals surface area contributed by atoms with Gasteiger partial charge in [0.1, 0.15) is 0 Å². The predicted octanol–water partition coefficient (Wildman–Crippen LogP) is 1.63. The lowest BCUT2D eigenvalue weighted by Crippen LogP contribution is -2.36. The smallest absolute Gasteiger partial charge is 0.00125 e. The van der Waals surface area contributed by atoms with Gasteiger partial charge in [0.15, 0.2) is 0 Å². The van der Waals surface area contributed by atoms with Gasteiger partial charge in [0.05, 0.1) is 0 Å². The van der Waals surface area contributed by atoms with E-state index in [9.17, 15) is 0 Å². The normalized spacial score (nSPS) is 32.2. The van der Waals surface area contributed by atoms with Crippen molar-refractivity contribution in [2.75, 3.05) is 18.8 Å². The molecule has 1 aliphatic heterocycles. The molecule has 0 aliphatic carbocycles. The number of piperidine rings is 1.